The number of hydrogen-bond acceptors (Lipinski definition) is 3. The standard InChI is InChI=1S/C10H23NO2/c1-8(2)6-9(3)13-5-4-10(12)7-11/h8-10,12H,4-7,11H2,1-3H3. The Balaban J connectivity index is 3.31. The van der Waals surface area contributed by atoms with Crippen LogP contribution in [0.4, 0.5) is 0 Å². The SMILES string of the molecule is CC(C)CC(C)OCCC(O)CN. The predicted octanol–water partition coefficient (Wildman–Crippen LogP) is 1.15. The molecule has 3 nitrogen and oxygen atoms in total. The molecule has 0 aliphatic heterocycles. The van der Waals surface area contributed by atoms with Crippen molar-refractivity contribution in [3.8, 4) is 0 Å². The van der Waals surface area contributed by atoms with Crippen LogP contribution in [-0.2, 0) is 4.74 Å². The van der Waals surface area contributed by atoms with Crippen molar-refractivity contribution >= 4 is 0 Å². The molecule has 0 aliphatic carbocycles. The molecule has 0 spiro atoms. The summed E-state index contributed by atoms with van der Waals surface area (Å²) >= 11 is 0. The third-order valence-electron chi connectivity index (χ3n) is 1.93. The molecule has 0 rings (SSSR count). The van der Waals surface area contributed by atoms with Crippen molar-refractivity contribution < 1.29 is 9.84 Å². The molecule has 0 saturated heterocycles. The molecule has 0 aromatic carbocycles. The van der Waals surface area contributed by atoms with E-state index in [0.29, 0.717) is 25.5 Å². The molecular weight excluding hydrogens is 166 g/mol. The van der Waals surface area contributed by atoms with E-state index in [2.05, 4.69) is 20.8 Å². The lowest BCUT2D eigenvalue weighted by Crippen LogP contribution is -2.22. The minimum Gasteiger partial charge on any atom is -0.392 e. The molecule has 0 saturated carbocycles. The summed E-state index contributed by atoms with van der Waals surface area (Å²) in [6, 6.07) is 0. The van der Waals surface area contributed by atoms with Gasteiger partial charge in [0.1, 0.15) is 0 Å². The van der Waals surface area contributed by atoms with Crippen LogP contribution in [0.5, 0.6) is 0 Å². The summed E-state index contributed by atoms with van der Waals surface area (Å²) in [4.78, 5) is 0. The van der Waals surface area contributed by atoms with Crippen LogP contribution in [0, 0.1) is 5.92 Å². The van der Waals surface area contributed by atoms with Crippen LogP contribution in [0.2, 0.25) is 0 Å². The fourth-order valence-electron chi connectivity index (χ4n) is 1.26. The molecule has 0 bridgehead atoms. The molecule has 3 heteroatoms. The van der Waals surface area contributed by atoms with E-state index in [4.69, 9.17) is 15.6 Å². The van der Waals surface area contributed by atoms with Gasteiger partial charge in [0.25, 0.3) is 0 Å². The summed E-state index contributed by atoms with van der Waals surface area (Å²) in [5, 5.41) is 9.15. The van der Waals surface area contributed by atoms with E-state index in [1.165, 1.54) is 0 Å². The maximum atomic E-state index is 9.15. The Bertz CT molecular complexity index is 117. The van der Waals surface area contributed by atoms with E-state index >= 15 is 0 Å². The average molecular weight is 189 g/mol. The van der Waals surface area contributed by atoms with Gasteiger partial charge in [0, 0.05) is 13.2 Å². The van der Waals surface area contributed by atoms with Crippen LogP contribution in [0.3, 0.4) is 0 Å². The molecule has 0 aromatic rings. The Morgan fingerprint density at radius 2 is 1.92 bits per heavy atom. The van der Waals surface area contributed by atoms with E-state index in [-0.39, 0.29) is 6.10 Å². The highest BCUT2D eigenvalue weighted by molar-refractivity contribution is 4.57. The molecule has 13 heavy (non-hydrogen) atoms. The zero-order valence-corrected chi connectivity index (χ0v) is 8.99. The number of nitrogens with two attached hydrogens (primary N) is 1. The highest BCUT2D eigenvalue weighted by Gasteiger charge is 2.06. The van der Waals surface area contributed by atoms with Crippen LogP contribution in [0.25, 0.3) is 0 Å². The van der Waals surface area contributed by atoms with Crippen molar-refractivity contribution in [1.29, 1.82) is 0 Å². The summed E-state index contributed by atoms with van der Waals surface area (Å²) in [5.74, 6) is 0.662. The summed E-state index contributed by atoms with van der Waals surface area (Å²) in [6.07, 6.45) is 1.58. The molecule has 0 amide bonds. The molecule has 80 valence electrons. The molecule has 3 N–H and O–H groups in total. The molecule has 2 unspecified atom stereocenters. The summed E-state index contributed by atoms with van der Waals surface area (Å²) in [6.45, 7) is 7.34. The molecule has 0 aliphatic rings. The third-order valence-corrected chi connectivity index (χ3v) is 1.93. The normalized spacial score (nSPS) is 16.2. The number of aliphatic hydroxyl groups excluding tert-OH is 1. The van der Waals surface area contributed by atoms with Crippen molar-refractivity contribution in [2.75, 3.05) is 13.2 Å². The lowest BCUT2D eigenvalue weighted by Gasteiger charge is -2.16. The number of aliphatic hydroxyl groups is 1. The van der Waals surface area contributed by atoms with Crippen molar-refractivity contribution in [3.05, 3.63) is 0 Å². The van der Waals surface area contributed by atoms with Gasteiger partial charge in [-0.15, -0.1) is 0 Å². The first kappa shape index (κ1) is 12.9. The van der Waals surface area contributed by atoms with Crippen LogP contribution in [0.1, 0.15) is 33.6 Å². The van der Waals surface area contributed by atoms with Gasteiger partial charge < -0.3 is 15.6 Å². The Morgan fingerprint density at radius 3 is 2.38 bits per heavy atom. The minimum atomic E-state index is -0.411. The van der Waals surface area contributed by atoms with Gasteiger partial charge in [0.05, 0.1) is 12.2 Å². The van der Waals surface area contributed by atoms with E-state index < -0.39 is 6.10 Å². The lowest BCUT2D eigenvalue weighted by atomic mass is 10.1. The topological polar surface area (TPSA) is 55.5 Å². The van der Waals surface area contributed by atoms with Crippen LogP contribution in [-0.4, -0.2) is 30.5 Å². The Hall–Kier alpha value is -0.120. The molecule has 0 heterocycles. The Morgan fingerprint density at radius 1 is 1.31 bits per heavy atom. The molecule has 0 aromatic heterocycles. The first-order valence-electron chi connectivity index (χ1n) is 5.06. The molecule has 2 atom stereocenters. The summed E-state index contributed by atoms with van der Waals surface area (Å²) in [5.41, 5.74) is 5.26. The average Bonchev–Trinajstić information content (AvgIpc) is 2.02. The monoisotopic (exact) mass is 189 g/mol. The van der Waals surface area contributed by atoms with Gasteiger partial charge in [-0.05, 0) is 25.7 Å². The van der Waals surface area contributed by atoms with Gasteiger partial charge in [0.15, 0.2) is 0 Å². The van der Waals surface area contributed by atoms with Crippen molar-refractivity contribution in [2.24, 2.45) is 11.7 Å². The molecule has 0 radical (unpaired) electrons. The van der Waals surface area contributed by atoms with E-state index in [9.17, 15) is 0 Å². The van der Waals surface area contributed by atoms with Crippen molar-refractivity contribution in [2.45, 2.75) is 45.8 Å². The highest BCUT2D eigenvalue weighted by atomic mass is 16.5. The second-order valence-corrected chi connectivity index (χ2v) is 3.99. The Labute approximate surface area is 81.3 Å². The minimum absolute atomic E-state index is 0.282. The fraction of sp³-hybridized carbons (Fsp3) is 1.00. The van der Waals surface area contributed by atoms with Gasteiger partial charge in [-0.25, -0.2) is 0 Å². The first-order chi connectivity index (χ1) is 6.06. The number of hydrogen-bond donors (Lipinski definition) is 2. The maximum absolute atomic E-state index is 9.15. The zero-order chi connectivity index (χ0) is 10.3. The maximum Gasteiger partial charge on any atom is 0.0684 e. The molecular formula is C10H23NO2. The van der Waals surface area contributed by atoms with Crippen molar-refractivity contribution in [1.82, 2.24) is 0 Å². The third kappa shape index (κ3) is 8.22. The largest absolute Gasteiger partial charge is 0.392 e. The quantitative estimate of drug-likeness (QED) is 0.631. The second-order valence-electron chi connectivity index (χ2n) is 3.99. The smallest absolute Gasteiger partial charge is 0.0684 e. The number of ether oxygens (including phenoxy) is 1. The van der Waals surface area contributed by atoms with Crippen LogP contribution in [0.15, 0.2) is 0 Å². The molecule has 0 fully saturated rings. The first-order valence-corrected chi connectivity index (χ1v) is 5.06. The van der Waals surface area contributed by atoms with Crippen LogP contribution < -0.4 is 5.73 Å². The predicted molar refractivity (Wildman–Crippen MR) is 54.5 cm³/mol. The van der Waals surface area contributed by atoms with Gasteiger partial charge in [-0.1, -0.05) is 13.8 Å². The van der Waals surface area contributed by atoms with Gasteiger partial charge in [0.2, 0.25) is 0 Å². The highest BCUT2D eigenvalue weighted by Crippen LogP contribution is 2.07. The Kier molecular flexibility index (Phi) is 7.23. The lowest BCUT2D eigenvalue weighted by molar-refractivity contribution is 0.0294. The second kappa shape index (κ2) is 7.30. The van der Waals surface area contributed by atoms with E-state index in [0.717, 1.165) is 6.42 Å². The summed E-state index contributed by atoms with van der Waals surface area (Å²) < 4.78 is 5.51. The fourth-order valence-corrected chi connectivity index (χ4v) is 1.26. The zero-order valence-electron chi connectivity index (χ0n) is 8.99. The van der Waals surface area contributed by atoms with Gasteiger partial charge in [-0.2, -0.15) is 0 Å². The van der Waals surface area contributed by atoms with Crippen molar-refractivity contribution in [3.63, 3.8) is 0 Å². The van der Waals surface area contributed by atoms with E-state index in [1.54, 1.807) is 0 Å². The van der Waals surface area contributed by atoms with Gasteiger partial charge in [-0.3, -0.25) is 0 Å². The van der Waals surface area contributed by atoms with Gasteiger partial charge >= 0.3 is 0 Å². The number of rotatable bonds is 7. The van der Waals surface area contributed by atoms with E-state index in [1.807, 2.05) is 0 Å². The summed E-state index contributed by atoms with van der Waals surface area (Å²) in [7, 11) is 0. The van der Waals surface area contributed by atoms with Crippen LogP contribution >= 0.6 is 0 Å².